The molecule has 0 saturated carbocycles. The lowest BCUT2D eigenvalue weighted by atomic mass is 10.0. The molecule has 0 N–H and O–H groups in total. The van der Waals surface area contributed by atoms with Crippen LogP contribution in [0, 0.1) is 16.0 Å². The average Bonchev–Trinajstić information content (AvgIpc) is 2.26. The van der Waals surface area contributed by atoms with Crippen molar-refractivity contribution in [1.82, 2.24) is 9.97 Å². The zero-order valence-electron chi connectivity index (χ0n) is 10.6. The largest absolute Gasteiger partial charge is 0.476 e. The molecule has 0 saturated heterocycles. The second-order valence-corrected chi connectivity index (χ2v) is 5.66. The zero-order valence-corrected chi connectivity index (χ0v) is 12.2. The van der Waals surface area contributed by atoms with E-state index in [1.165, 1.54) is 13.4 Å². The van der Waals surface area contributed by atoms with E-state index in [4.69, 9.17) is 4.74 Å². The number of rotatable bonds is 6. The lowest BCUT2D eigenvalue weighted by Crippen LogP contribution is -2.11. The fraction of sp³-hybridized carbons (Fsp3) is 0.636. The smallest absolute Gasteiger partial charge is 0.352 e. The van der Waals surface area contributed by atoms with Crippen molar-refractivity contribution in [3.05, 3.63) is 22.1 Å². The van der Waals surface area contributed by atoms with Crippen LogP contribution in [0.15, 0.2) is 6.33 Å². The first-order chi connectivity index (χ1) is 8.45. The van der Waals surface area contributed by atoms with Gasteiger partial charge in [0.2, 0.25) is 0 Å². The summed E-state index contributed by atoms with van der Waals surface area (Å²) >= 11 is 3.52. The second-order valence-electron chi connectivity index (χ2n) is 4.37. The molecule has 0 radical (unpaired) electrons. The molecule has 18 heavy (non-hydrogen) atoms. The van der Waals surface area contributed by atoms with Gasteiger partial charge in [0.1, 0.15) is 12.0 Å². The molecule has 1 unspecified atom stereocenters. The Balaban J connectivity index is 2.98. The molecule has 1 heterocycles. The van der Waals surface area contributed by atoms with Gasteiger partial charge in [0.25, 0.3) is 5.88 Å². The Labute approximate surface area is 114 Å². The normalized spacial score (nSPS) is 12.5. The molecule has 7 heteroatoms. The number of methoxy groups -OCH3 is 1. The number of aromatic nitrogens is 2. The van der Waals surface area contributed by atoms with E-state index in [0.717, 1.165) is 6.42 Å². The van der Waals surface area contributed by atoms with Crippen LogP contribution >= 0.6 is 15.9 Å². The first kappa shape index (κ1) is 14.8. The molecule has 1 rings (SSSR count). The summed E-state index contributed by atoms with van der Waals surface area (Å²) in [7, 11) is 1.36. The van der Waals surface area contributed by atoms with E-state index in [2.05, 4.69) is 39.7 Å². The third-order valence-corrected chi connectivity index (χ3v) is 3.08. The van der Waals surface area contributed by atoms with Crippen molar-refractivity contribution in [1.29, 1.82) is 0 Å². The molecular formula is C11H16BrN3O3. The van der Waals surface area contributed by atoms with E-state index in [1.807, 2.05) is 0 Å². The van der Waals surface area contributed by atoms with Crippen LogP contribution in [0.2, 0.25) is 0 Å². The summed E-state index contributed by atoms with van der Waals surface area (Å²) < 4.78 is 4.90. The number of ether oxygens (including phenoxy) is 1. The number of nitrogens with zero attached hydrogens (tertiary/aromatic N) is 3. The second kappa shape index (κ2) is 6.63. The number of hydrogen-bond donors (Lipinski definition) is 0. The highest BCUT2D eigenvalue weighted by Gasteiger charge is 2.25. The van der Waals surface area contributed by atoms with Crippen molar-refractivity contribution in [2.45, 2.75) is 31.5 Å². The molecule has 100 valence electrons. The minimum absolute atomic E-state index is 0.00856. The van der Waals surface area contributed by atoms with Gasteiger partial charge in [-0.3, -0.25) is 10.1 Å². The number of hydrogen-bond acceptors (Lipinski definition) is 5. The van der Waals surface area contributed by atoms with E-state index in [-0.39, 0.29) is 16.4 Å². The predicted octanol–water partition coefficient (Wildman–Crippen LogP) is 2.75. The maximum atomic E-state index is 11.0. The molecule has 6 nitrogen and oxygen atoms in total. The molecular weight excluding hydrogens is 302 g/mol. The maximum absolute atomic E-state index is 11.0. The minimum Gasteiger partial charge on any atom is -0.476 e. The topological polar surface area (TPSA) is 78.2 Å². The maximum Gasteiger partial charge on any atom is 0.352 e. The van der Waals surface area contributed by atoms with Crippen LogP contribution in [0.3, 0.4) is 0 Å². The van der Waals surface area contributed by atoms with Crippen molar-refractivity contribution >= 4 is 21.6 Å². The fourth-order valence-electron chi connectivity index (χ4n) is 1.68. The third kappa shape index (κ3) is 3.90. The van der Waals surface area contributed by atoms with E-state index in [1.54, 1.807) is 0 Å². The zero-order chi connectivity index (χ0) is 13.7. The molecule has 1 aromatic heterocycles. The summed E-state index contributed by atoms with van der Waals surface area (Å²) in [5.74, 6) is 0.520. The molecule has 0 aliphatic heterocycles. The lowest BCUT2D eigenvalue weighted by molar-refractivity contribution is -0.387. The van der Waals surface area contributed by atoms with E-state index < -0.39 is 4.92 Å². The van der Waals surface area contributed by atoms with Crippen molar-refractivity contribution in [2.75, 3.05) is 7.11 Å². The fourth-order valence-corrected chi connectivity index (χ4v) is 2.74. The van der Waals surface area contributed by atoms with Crippen LogP contribution in [0.25, 0.3) is 0 Å². The van der Waals surface area contributed by atoms with Gasteiger partial charge in [-0.15, -0.1) is 0 Å². The van der Waals surface area contributed by atoms with Crippen molar-refractivity contribution < 1.29 is 9.66 Å². The van der Waals surface area contributed by atoms with E-state index in [9.17, 15) is 10.1 Å². The van der Waals surface area contributed by atoms with Crippen LogP contribution < -0.4 is 4.74 Å². The molecule has 0 amide bonds. The molecule has 0 aromatic carbocycles. The predicted molar refractivity (Wildman–Crippen MR) is 71.1 cm³/mol. The number of halogens is 1. The quantitative estimate of drug-likeness (QED) is 0.458. The Bertz CT molecular complexity index is 426. The van der Waals surface area contributed by atoms with Crippen molar-refractivity contribution in [2.24, 2.45) is 5.92 Å². The molecule has 0 aliphatic carbocycles. The highest BCUT2D eigenvalue weighted by molar-refractivity contribution is 9.09. The highest BCUT2D eigenvalue weighted by atomic mass is 79.9. The monoisotopic (exact) mass is 317 g/mol. The summed E-state index contributed by atoms with van der Waals surface area (Å²) in [6, 6.07) is 0. The Morgan fingerprint density at radius 3 is 2.67 bits per heavy atom. The molecule has 0 spiro atoms. The van der Waals surface area contributed by atoms with Crippen molar-refractivity contribution in [3.63, 3.8) is 0 Å². The summed E-state index contributed by atoms with van der Waals surface area (Å²) in [6.45, 7) is 4.20. The third-order valence-electron chi connectivity index (χ3n) is 2.38. The number of nitro groups is 1. The van der Waals surface area contributed by atoms with Gasteiger partial charge in [-0.1, -0.05) is 29.8 Å². The summed E-state index contributed by atoms with van der Waals surface area (Å²) in [5, 5.41) is 11.0. The first-order valence-electron chi connectivity index (χ1n) is 5.62. The summed E-state index contributed by atoms with van der Waals surface area (Å²) in [5.41, 5.74) is 0.252. The molecule has 0 aliphatic rings. The minimum atomic E-state index is -0.497. The Hall–Kier alpha value is -1.24. The van der Waals surface area contributed by atoms with Gasteiger partial charge < -0.3 is 4.74 Å². The van der Waals surface area contributed by atoms with Gasteiger partial charge in [0.15, 0.2) is 0 Å². The molecule has 1 atom stereocenters. The van der Waals surface area contributed by atoms with Gasteiger partial charge >= 0.3 is 5.69 Å². The lowest BCUT2D eigenvalue weighted by Gasteiger charge is -2.12. The summed E-state index contributed by atoms with van der Waals surface area (Å²) in [4.78, 5) is 18.4. The molecule has 0 bridgehead atoms. The Morgan fingerprint density at radius 1 is 1.50 bits per heavy atom. The SMILES string of the molecule is COc1ncnc(CC(Br)CC(C)C)c1[N+](=O)[O-]. The molecule has 1 aromatic rings. The van der Waals surface area contributed by atoms with Gasteiger partial charge in [0.05, 0.1) is 12.0 Å². The highest BCUT2D eigenvalue weighted by Crippen LogP contribution is 2.29. The van der Waals surface area contributed by atoms with Crippen LogP contribution in [-0.2, 0) is 6.42 Å². The van der Waals surface area contributed by atoms with Crippen LogP contribution in [-0.4, -0.2) is 26.8 Å². The first-order valence-corrected chi connectivity index (χ1v) is 6.53. The van der Waals surface area contributed by atoms with Crippen LogP contribution in [0.5, 0.6) is 5.88 Å². The average molecular weight is 318 g/mol. The van der Waals surface area contributed by atoms with E-state index in [0.29, 0.717) is 18.0 Å². The van der Waals surface area contributed by atoms with Crippen LogP contribution in [0.4, 0.5) is 5.69 Å². The van der Waals surface area contributed by atoms with Gasteiger partial charge in [-0.25, -0.2) is 4.98 Å². The Kier molecular flexibility index (Phi) is 5.46. The van der Waals surface area contributed by atoms with Gasteiger partial charge in [-0.2, -0.15) is 4.98 Å². The van der Waals surface area contributed by atoms with Gasteiger partial charge in [-0.05, 0) is 12.3 Å². The molecule has 0 fully saturated rings. The van der Waals surface area contributed by atoms with Crippen LogP contribution in [0.1, 0.15) is 26.0 Å². The standard InChI is InChI=1S/C11H16BrN3O3/c1-7(2)4-8(12)5-9-10(15(16)17)11(18-3)14-6-13-9/h6-8H,4-5H2,1-3H3. The Morgan fingerprint density at radius 2 is 2.17 bits per heavy atom. The summed E-state index contributed by atoms with van der Waals surface area (Å²) in [6.07, 6.45) is 2.69. The van der Waals surface area contributed by atoms with E-state index >= 15 is 0 Å². The van der Waals surface area contributed by atoms with Gasteiger partial charge in [0, 0.05) is 11.2 Å². The number of alkyl halides is 1. The van der Waals surface area contributed by atoms with Crippen molar-refractivity contribution in [3.8, 4) is 5.88 Å².